The highest BCUT2D eigenvalue weighted by Crippen LogP contribution is 2.30. The van der Waals surface area contributed by atoms with Gasteiger partial charge >= 0.3 is 5.97 Å². The SMILES string of the molecule is COC(=O)CCCC1=CCc2ccccc21. The number of benzene rings is 1. The smallest absolute Gasteiger partial charge is 0.305 e. The van der Waals surface area contributed by atoms with Gasteiger partial charge in [0.05, 0.1) is 7.11 Å². The van der Waals surface area contributed by atoms with Gasteiger partial charge in [-0.15, -0.1) is 0 Å². The molecule has 0 spiro atoms. The van der Waals surface area contributed by atoms with Gasteiger partial charge < -0.3 is 4.74 Å². The number of ether oxygens (including phenoxy) is 1. The van der Waals surface area contributed by atoms with Crippen molar-refractivity contribution in [1.82, 2.24) is 0 Å². The van der Waals surface area contributed by atoms with E-state index in [1.807, 2.05) is 0 Å². The van der Waals surface area contributed by atoms with Crippen LogP contribution in [0.25, 0.3) is 5.57 Å². The van der Waals surface area contributed by atoms with Gasteiger partial charge in [-0.25, -0.2) is 0 Å². The minimum absolute atomic E-state index is 0.119. The monoisotopic (exact) mass is 216 g/mol. The summed E-state index contributed by atoms with van der Waals surface area (Å²) >= 11 is 0. The van der Waals surface area contributed by atoms with E-state index in [9.17, 15) is 4.79 Å². The fraction of sp³-hybridized carbons (Fsp3) is 0.357. The fourth-order valence-electron chi connectivity index (χ4n) is 2.12. The van der Waals surface area contributed by atoms with Crippen LogP contribution in [0.2, 0.25) is 0 Å². The quantitative estimate of drug-likeness (QED) is 0.723. The van der Waals surface area contributed by atoms with E-state index in [0.717, 1.165) is 19.3 Å². The first-order valence-electron chi connectivity index (χ1n) is 5.65. The number of methoxy groups -OCH3 is 1. The first-order chi connectivity index (χ1) is 7.81. The molecule has 0 amide bonds. The Kier molecular flexibility index (Phi) is 3.40. The molecule has 2 rings (SSSR count). The van der Waals surface area contributed by atoms with Gasteiger partial charge in [0.15, 0.2) is 0 Å². The number of rotatable bonds is 4. The summed E-state index contributed by atoms with van der Waals surface area (Å²) in [6.45, 7) is 0. The van der Waals surface area contributed by atoms with E-state index in [4.69, 9.17) is 0 Å². The van der Waals surface area contributed by atoms with Gasteiger partial charge in [-0.2, -0.15) is 0 Å². The summed E-state index contributed by atoms with van der Waals surface area (Å²) in [6, 6.07) is 8.47. The number of fused-ring (bicyclic) bond motifs is 1. The molecule has 0 atom stereocenters. The molecule has 0 N–H and O–H groups in total. The van der Waals surface area contributed by atoms with Crippen molar-refractivity contribution in [1.29, 1.82) is 0 Å². The summed E-state index contributed by atoms with van der Waals surface area (Å²) in [7, 11) is 1.44. The number of hydrogen-bond acceptors (Lipinski definition) is 2. The molecule has 0 aromatic heterocycles. The second kappa shape index (κ2) is 4.97. The molecular formula is C14H16O2. The molecule has 0 bridgehead atoms. The molecule has 1 aliphatic rings. The van der Waals surface area contributed by atoms with Crippen LogP contribution in [0.4, 0.5) is 0 Å². The van der Waals surface area contributed by atoms with E-state index in [0.29, 0.717) is 6.42 Å². The van der Waals surface area contributed by atoms with E-state index in [1.165, 1.54) is 23.8 Å². The molecule has 0 heterocycles. The first-order valence-corrected chi connectivity index (χ1v) is 5.65. The Hall–Kier alpha value is -1.57. The van der Waals surface area contributed by atoms with Crippen LogP contribution in [0.1, 0.15) is 30.4 Å². The topological polar surface area (TPSA) is 26.3 Å². The Morgan fingerprint density at radius 2 is 2.19 bits per heavy atom. The highest BCUT2D eigenvalue weighted by molar-refractivity contribution is 5.74. The average Bonchev–Trinajstić information content (AvgIpc) is 2.73. The molecule has 16 heavy (non-hydrogen) atoms. The maximum Gasteiger partial charge on any atom is 0.305 e. The molecule has 0 radical (unpaired) electrons. The number of hydrogen-bond donors (Lipinski definition) is 0. The summed E-state index contributed by atoms with van der Waals surface area (Å²) in [5.41, 5.74) is 4.13. The molecule has 1 aromatic rings. The third-order valence-electron chi connectivity index (χ3n) is 2.99. The Morgan fingerprint density at radius 3 is 3.00 bits per heavy atom. The fourth-order valence-corrected chi connectivity index (χ4v) is 2.12. The molecule has 1 aromatic carbocycles. The number of carbonyl (C=O) groups excluding carboxylic acids is 1. The van der Waals surface area contributed by atoms with Crippen LogP contribution in [0.3, 0.4) is 0 Å². The predicted octanol–water partition coefficient (Wildman–Crippen LogP) is 2.97. The van der Waals surface area contributed by atoms with Crippen LogP contribution in [-0.2, 0) is 16.0 Å². The van der Waals surface area contributed by atoms with E-state index < -0.39 is 0 Å². The minimum Gasteiger partial charge on any atom is -0.469 e. The lowest BCUT2D eigenvalue weighted by molar-refractivity contribution is -0.140. The second-order valence-electron chi connectivity index (χ2n) is 4.02. The lowest BCUT2D eigenvalue weighted by Crippen LogP contribution is -1.99. The lowest BCUT2D eigenvalue weighted by atomic mass is 10.0. The molecule has 0 unspecified atom stereocenters. The zero-order valence-corrected chi connectivity index (χ0v) is 9.53. The van der Waals surface area contributed by atoms with Crippen LogP contribution in [-0.4, -0.2) is 13.1 Å². The summed E-state index contributed by atoms with van der Waals surface area (Å²) in [4.78, 5) is 11.0. The molecule has 0 aliphatic heterocycles. The maximum absolute atomic E-state index is 11.0. The zero-order valence-electron chi connectivity index (χ0n) is 9.53. The molecule has 2 heteroatoms. The second-order valence-corrected chi connectivity index (χ2v) is 4.02. The molecule has 2 nitrogen and oxygen atoms in total. The van der Waals surface area contributed by atoms with Crippen molar-refractivity contribution in [2.45, 2.75) is 25.7 Å². The van der Waals surface area contributed by atoms with Gasteiger partial charge in [0.1, 0.15) is 0 Å². The van der Waals surface area contributed by atoms with Crippen molar-refractivity contribution in [3.8, 4) is 0 Å². The van der Waals surface area contributed by atoms with Crippen LogP contribution >= 0.6 is 0 Å². The number of esters is 1. The third kappa shape index (κ3) is 2.32. The van der Waals surface area contributed by atoms with Gasteiger partial charge in [0.2, 0.25) is 0 Å². The van der Waals surface area contributed by atoms with Crippen molar-refractivity contribution in [3.63, 3.8) is 0 Å². The van der Waals surface area contributed by atoms with E-state index in [2.05, 4.69) is 35.1 Å². The van der Waals surface area contributed by atoms with Crippen LogP contribution < -0.4 is 0 Å². The Labute approximate surface area is 95.9 Å². The van der Waals surface area contributed by atoms with Crippen LogP contribution in [0, 0.1) is 0 Å². The molecular weight excluding hydrogens is 200 g/mol. The van der Waals surface area contributed by atoms with Gasteiger partial charge in [0, 0.05) is 6.42 Å². The molecule has 0 saturated heterocycles. The largest absolute Gasteiger partial charge is 0.469 e. The van der Waals surface area contributed by atoms with Crippen molar-refractivity contribution in [2.75, 3.05) is 7.11 Å². The average molecular weight is 216 g/mol. The first kappa shape index (κ1) is 10.9. The molecule has 84 valence electrons. The summed E-state index contributed by atoms with van der Waals surface area (Å²) < 4.78 is 4.63. The van der Waals surface area contributed by atoms with Crippen molar-refractivity contribution >= 4 is 11.5 Å². The Balaban J connectivity index is 1.91. The summed E-state index contributed by atoms with van der Waals surface area (Å²) in [5.74, 6) is -0.119. The van der Waals surface area contributed by atoms with Crippen molar-refractivity contribution in [3.05, 3.63) is 41.5 Å². The predicted molar refractivity (Wildman–Crippen MR) is 64.0 cm³/mol. The Bertz CT molecular complexity index is 418. The van der Waals surface area contributed by atoms with Gasteiger partial charge in [0.25, 0.3) is 0 Å². The Morgan fingerprint density at radius 1 is 1.38 bits per heavy atom. The summed E-state index contributed by atoms with van der Waals surface area (Å²) in [6.07, 6.45) is 5.64. The summed E-state index contributed by atoms with van der Waals surface area (Å²) in [5, 5.41) is 0. The molecule has 1 aliphatic carbocycles. The van der Waals surface area contributed by atoms with Crippen molar-refractivity contribution in [2.24, 2.45) is 0 Å². The standard InChI is InChI=1S/C14H16O2/c1-16-14(15)8-4-6-12-10-9-11-5-2-3-7-13(11)12/h2-3,5,7,10H,4,6,8-9H2,1H3. The lowest BCUT2D eigenvalue weighted by Gasteiger charge is -2.05. The van der Waals surface area contributed by atoms with Gasteiger partial charge in [-0.1, -0.05) is 30.3 Å². The highest BCUT2D eigenvalue weighted by atomic mass is 16.5. The van der Waals surface area contributed by atoms with Crippen LogP contribution in [0.5, 0.6) is 0 Å². The highest BCUT2D eigenvalue weighted by Gasteiger charge is 2.12. The molecule has 0 saturated carbocycles. The van der Waals surface area contributed by atoms with E-state index in [-0.39, 0.29) is 5.97 Å². The maximum atomic E-state index is 11.0. The van der Waals surface area contributed by atoms with E-state index >= 15 is 0 Å². The van der Waals surface area contributed by atoms with Gasteiger partial charge in [-0.05, 0) is 36.0 Å². The minimum atomic E-state index is -0.119. The van der Waals surface area contributed by atoms with Crippen LogP contribution in [0.15, 0.2) is 30.3 Å². The van der Waals surface area contributed by atoms with E-state index in [1.54, 1.807) is 0 Å². The van der Waals surface area contributed by atoms with Gasteiger partial charge in [-0.3, -0.25) is 4.79 Å². The number of carbonyl (C=O) groups is 1. The normalized spacial score (nSPS) is 13.2. The number of allylic oxidation sites excluding steroid dienone is 2. The molecule has 0 fully saturated rings. The van der Waals surface area contributed by atoms with Crippen molar-refractivity contribution < 1.29 is 9.53 Å². The third-order valence-corrected chi connectivity index (χ3v) is 2.99. The zero-order chi connectivity index (χ0) is 11.4.